The first-order valence-corrected chi connectivity index (χ1v) is 10.4. The average molecular weight is 435 g/mol. The van der Waals surface area contributed by atoms with Crippen molar-refractivity contribution in [3.05, 3.63) is 23.3 Å². The summed E-state index contributed by atoms with van der Waals surface area (Å²) in [4.78, 5) is 26.0. The lowest BCUT2D eigenvalue weighted by atomic mass is 9.68. The number of ether oxygens (including phenoxy) is 1. The number of nitrogens with one attached hydrogen (secondary N) is 1. The predicted octanol–water partition coefficient (Wildman–Crippen LogP) is -1.59. The van der Waals surface area contributed by atoms with Crippen molar-refractivity contribution in [1.29, 1.82) is 0 Å². The lowest BCUT2D eigenvalue weighted by Gasteiger charge is -2.43. The SMILES string of the molecule is CC(N)(CN1CC(Oc2ccc3c(c2C(=O)O)O[B-](O)(O)[C@@H]2C[C@H]32)C1)C(=O)NCCN. The third kappa shape index (κ3) is 4.09. The number of rotatable bonds is 8. The van der Waals surface area contributed by atoms with Gasteiger partial charge in [0, 0.05) is 32.7 Å². The molecule has 0 bridgehead atoms. The zero-order valence-corrected chi connectivity index (χ0v) is 17.3. The van der Waals surface area contributed by atoms with Crippen molar-refractivity contribution in [2.24, 2.45) is 11.5 Å². The van der Waals surface area contributed by atoms with Crippen LogP contribution in [0.25, 0.3) is 0 Å². The van der Waals surface area contributed by atoms with Crippen molar-refractivity contribution < 1.29 is 34.1 Å². The minimum absolute atomic E-state index is 0.0314. The minimum atomic E-state index is -3.09. The molecular weight excluding hydrogens is 407 g/mol. The zero-order chi connectivity index (χ0) is 22.6. The van der Waals surface area contributed by atoms with Crippen LogP contribution in [-0.2, 0) is 4.79 Å². The second kappa shape index (κ2) is 7.64. The van der Waals surface area contributed by atoms with E-state index in [0.29, 0.717) is 44.7 Å². The van der Waals surface area contributed by atoms with E-state index in [2.05, 4.69) is 5.32 Å². The van der Waals surface area contributed by atoms with Crippen LogP contribution in [0.1, 0.15) is 35.2 Å². The molecule has 4 rings (SSSR count). The van der Waals surface area contributed by atoms with E-state index >= 15 is 0 Å². The maximum absolute atomic E-state index is 12.1. The maximum Gasteiger partial charge on any atom is 0.434 e. The predicted molar refractivity (Wildman–Crippen MR) is 111 cm³/mol. The molecule has 2 fully saturated rings. The molecule has 2 heterocycles. The average Bonchev–Trinajstić information content (AvgIpc) is 3.45. The summed E-state index contributed by atoms with van der Waals surface area (Å²) in [6.07, 6.45) is 0.253. The van der Waals surface area contributed by atoms with E-state index in [-0.39, 0.29) is 35.0 Å². The van der Waals surface area contributed by atoms with Crippen LogP contribution in [0.3, 0.4) is 0 Å². The van der Waals surface area contributed by atoms with E-state index in [1.165, 1.54) is 0 Å². The highest BCUT2D eigenvalue weighted by Crippen LogP contribution is 2.63. The lowest BCUT2D eigenvalue weighted by molar-refractivity contribution is -0.127. The second-order valence-electron chi connectivity index (χ2n) is 8.94. The number of likely N-dealkylation sites (tertiary alicyclic amines) is 1. The number of hydrogen-bond donors (Lipinski definition) is 6. The highest BCUT2D eigenvalue weighted by atomic mass is 16.6. The molecule has 31 heavy (non-hydrogen) atoms. The number of benzene rings is 1. The Morgan fingerprint density at radius 2 is 2.10 bits per heavy atom. The number of carboxylic acid groups (broad SMARTS) is 1. The van der Waals surface area contributed by atoms with Crippen molar-refractivity contribution in [2.45, 2.75) is 36.7 Å². The van der Waals surface area contributed by atoms with Gasteiger partial charge in [0.05, 0.1) is 5.75 Å². The molecule has 8 N–H and O–H groups in total. The van der Waals surface area contributed by atoms with Crippen LogP contribution >= 0.6 is 0 Å². The first-order chi connectivity index (χ1) is 14.5. The Kier molecular flexibility index (Phi) is 5.38. The standard InChI is InChI=1S/C19H28BN4O7/c1-19(22,18(27)23-5-4-21)9-24-7-10(8-24)30-14-3-2-11-12-6-13(12)20(28,29)31-16(11)15(14)17(25)26/h2-3,10,12-13,28-29H,4-9,21-22H2,1H3,(H,23,27)(H,25,26)/q-1/t12-,13-,19?/m1/s1. The van der Waals surface area contributed by atoms with Gasteiger partial charge in [-0.1, -0.05) is 18.3 Å². The molecule has 12 heteroatoms. The molecular formula is C19H28BN4O7-. The Bertz CT molecular complexity index is 903. The van der Waals surface area contributed by atoms with Gasteiger partial charge >= 0.3 is 12.7 Å². The number of carbonyl (C=O) groups is 2. The van der Waals surface area contributed by atoms with E-state index in [0.717, 1.165) is 0 Å². The van der Waals surface area contributed by atoms with Crippen molar-refractivity contribution >= 4 is 18.6 Å². The second-order valence-corrected chi connectivity index (χ2v) is 8.94. The quantitative estimate of drug-likeness (QED) is 0.261. The smallest absolute Gasteiger partial charge is 0.434 e. The Hall–Kier alpha value is -2.38. The van der Waals surface area contributed by atoms with Gasteiger partial charge < -0.3 is 41.3 Å². The van der Waals surface area contributed by atoms with E-state index in [4.69, 9.17) is 20.9 Å². The van der Waals surface area contributed by atoms with Crippen molar-refractivity contribution in [3.63, 3.8) is 0 Å². The Balaban J connectivity index is 1.41. The monoisotopic (exact) mass is 435 g/mol. The van der Waals surface area contributed by atoms with Crippen molar-refractivity contribution in [3.8, 4) is 11.5 Å². The van der Waals surface area contributed by atoms with Crippen molar-refractivity contribution in [2.75, 3.05) is 32.7 Å². The summed E-state index contributed by atoms with van der Waals surface area (Å²) in [7, 11) is 0. The molecule has 1 saturated heterocycles. The number of hydrogen-bond acceptors (Lipinski definition) is 9. The number of carbonyl (C=O) groups excluding carboxylic acids is 1. The summed E-state index contributed by atoms with van der Waals surface area (Å²) < 4.78 is 11.2. The fourth-order valence-electron chi connectivity index (χ4n) is 4.44. The van der Waals surface area contributed by atoms with Crippen LogP contribution in [0.15, 0.2) is 12.1 Å². The minimum Gasteiger partial charge on any atom is -0.669 e. The molecule has 0 spiro atoms. The molecule has 3 aliphatic rings. The van der Waals surface area contributed by atoms with Gasteiger partial charge in [0.2, 0.25) is 5.91 Å². The summed E-state index contributed by atoms with van der Waals surface area (Å²) in [6, 6.07) is 3.31. The van der Waals surface area contributed by atoms with Crippen LogP contribution in [0, 0.1) is 0 Å². The molecule has 11 nitrogen and oxygen atoms in total. The molecule has 2 aliphatic heterocycles. The first-order valence-electron chi connectivity index (χ1n) is 10.4. The highest BCUT2D eigenvalue weighted by molar-refractivity contribution is 6.62. The van der Waals surface area contributed by atoms with Crippen LogP contribution in [0.5, 0.6) is 11.5 Å². The molecule has 1 aromatic carbocycles. The number of nitrogens with two attached hydrogens (primary N) is 2. The van der Waals surface area contributed by atoms with Gasteiger partial charge in [-0.2, -0.15) is 0 Å². The summed E-state index contributed by atoms with van der Waals surface area (Å²) in [5.74, 6) is -1.99. The van der Waals surface area contributed by atoms with Crippen LogP contribution in [0.4, 0.5) is 0 Å². The van der Waals surface area contributed by atoms with E-state index in [1.54, 1.807) is 19.1 Å². The summed E-state index contributed by atoms with van der Waals surface area (Å²) in [5, 5.41) is 32.6. The molecule has 170 valence electrons. The number of amides is 1. The number of carboxylic acids is 1. The number of aromatic carboxylic acids is 1. The molecule has 1 aliphatic carbocycles. The molecule has 1 aromatic rings. The molecule has 0 aromatic heterocycles. The largest absolute Gasteiger partial charge is 0.669 e. The fraction of sp³-hybridized carbons (Fsp3) is 0.579. The van der Waals surface area contributed by atoms with Gasteiger partial charge in [0.25, 0.3) is 0 Å². The summed E-state index contributed by atoms with van der Waals surface area (Å²) in [5.41, 5.74) is 10.9. The van der Waals surface area contributed by atoms with Gasteiger partial charge in [0.15, 0.2) is 0 Å². The van der Waals surface area contributed by atoms with Crippen LogP contribution in [-0.4, -0.2) is 83.1 Å². The van der Waals surface area contributed by atoms with Gasteiger partial charge in [-0.05, 0) is 24.5 Å². The first kappa shape index (κ1) is 21.8. The highest BCUT2D eigenvalue weighted by Gasteiger charge is 2.55. The third-order valence-corrected chi connectivity index (χ3v) is 6.17. The van der Waals surface area contributed by atoms with Gasteiger partial charge in [-0.3, -0.25) is 9.69 Å². The molecule has 1 saturated carbocycles. The Labute approximate surface area is 179 Å². The lowest BCUT2D eigenvalue weighted by Crippen LogP contribution is -2.64. The van der Waals surface area contributed by atoms with Gasteiger partial charge in [-0.25, -0.2) is 4.79 Å². The summed E-state index contributed by atoms with van der Waals surface area (Å²) >= 11 is 0. The number of nitrogens with zero attached hydrogens (tertiary/aromatic N) is 1. The zero-order valence-electron chi connectivity index (χ0n) is 17.3. The van der Waals surface area contributed by atoms with E-state index < -0.39 is 24.1 Å². The van der Waals surface area contributed by atoms with E-state index in [9.17, 15) is 24.7 Å². The normalized spacial score (nSPS) is 25.8. The fourth-order valence-corrected chi connectivity index (χ4v) is 4.44. The molecule has 3 atom stereocenters. The number of fused-ring (bicyclic) bond motifs is 3. The Morgan fingerprint density at radius 1 is 1.39 bits per heavy atom. The van der Waals surface area contributed by atoms with Gasteiger partial charge in [0.1, 0.15) is 23.0 Å². The van der Waals surface area contributed by atoms with E-state index in [1.807, 2.05) is 4.90 Å². The maximum atomic E-state index is 12.1. The van der Waals surface area contributed by atoms with Crippen LogP contribution in [0.2, 0.25) is 5.82 Å². The molecule has 0 radical (unpaired) electrons. The van der Waals surface area contributed by atoms with Gasteiger partial charge in [-0.15, -0.1) is 0 Å². The molecule has 1 unspecified atom stereocenters. The Morgan fingerprint density at radius 3 is 2.74 bits per heavy atom. The summed E-state index contributed by atoms with van der Waals surface area (Å²) in [6.45, 7) is 0.465. The topological polar surface area (TPSA) is 181 Å². The van der Waals surface area contributed by atoms with Crippen molar-refractivity contribution in [1.82, 2.24) is 10.2 Å². The third-order valence-electron chi connectivity index (χ3n) is 6.17. The molecule has 1 amide bonds. The van der Waals surface area contributed by atoms with Crippen LogP contribution < -0.4 is 26.2 Å².